The maximum absolute atomic E-state index is 13.6. The quantitative estimate of drug-likeness (QED) is 0.402. The predicted molar refractivity (Wildman–Crippen MR) is 132 cm³/mol. The van der Waals surface area contributed by atoms with E-state index in [4.69, 9.17) is 25.8 Å². The minimum Gasteiger partial charge on any atom is -0.376 e. The van der Waals surface area contributed by atoms with Crippen LogP contribution in [-0.2, 0) is 29.8 Å². The van der Waals surface area contributed by atoms with Crippen LogP contribution in [0.3, 0.4) is 0 Å². The van der Waals surface area contributed by atoms with Gasteiger partial charge in [-0.1, -0.05) is 17.7 Å². The molecule has 1 saturated heterocycles. The number of aromatic nitrogens is 6. The van der Waals surface area contributed by atoms with Gasteiger partial charge in [0.05, 0.1) is 36.1 Å². The molecule has 1 aliphatic heterocycles. The summed E-state index contributed by atoms with van der Waals surface area (Å²) in [6, 6.07) is 5.26. The van der Waals surface area contributed by atoms with Gasteiger partial charge in [-0.25, -0.2) is 23.4 Å². The van der Waals surface area contributed by atoms with E-state index in [-0.39, 0.29) is 29.5 Å². The smallest absolute Gasteiger partial charge is 0.182 e. The van der Waals surface area contributed by atoms with Crippen molar-refractivity contribution in [2.45, 2.75) is 50.0 Å². The van der Waals surface area contributed by atoms with Gasteiger partial charge in [-0.2, -0.15) is 0 Å². The van der Waals surface area contributed by atoms with E-state index < -0.39 is 21.2 Å². The van der Waals surface area contributed by atoms with Crippen LogP contribution in [-0.4, -0.2) is 76.4 Å². The number of pyridine rings is 1. The summed E-state index contributed by atoms with van der Waals surface area (Å²) < 4.78 is 45.9. The van der Waals surface area contributed by atoms with Crippen molar-refractivity contribution in [3.63, 3.8) is 0 Å². The lowest BCUT2D eigenvalue weighted by atomic mass is 10.1. The predicted octanol–water partition coefficient (Wildman–Crippen LogP) is 2.76. The Morgan fingerprint density at radius 1 is 1.19 bits per heavy atom. The SMILES string of the molecule is CO[C@H](c1ncc(Cl)cn1)[C@H](C)S(=O)(=O)Cc1nnc(-c2cccc(C)n2)n1[C@H](C)[C@@H]1COCCO1. The summed E-state index contributed by atoms with van der Waals surface area (Å²) >= 11 is 5.88. The topological polar surface area (TPSA) is 131 Å². The van der Waals surface area contributed by atoms with Gasteiger partial charge in [0.2, 0.25) is 0 Å². The lowest BCUT2D eigenvalue weighted by Gasteiger charge is -2.30. The summed E-state index contributed by atoms with van der Waals surface area (Å²) in [5, 5.41) is 7.99. The first kappa shape index (κ1) is 26.6. The third-order valence-corrected chi connectivity index (χ3v) is 8.38. The van der Waals surface area contributed by atoms with Crippen LogP contribution in [0.4, 0.5) is 0 Å². The second kappa shape index (κ2) is 11.3. The fourth-order valence-corrected chi connectivity index (χ4v) is 5.65. The van der Waals surface area contributed by atoms with Crippen LogP contribution in [0.2, 0.25) is 5.02 Å². The van der Waals surface area contributed by atoms with E-state index in [0.717, 1.165) is 5.69 Å². The van der Waals surface area contributed by atoms with E-state index in [9.17, 15) is 8.42 Å². The van der Waals surface area contributed by atoms with Gasteiger partial charge in [-0.05, 0) is 32.9 Å². The Bertz CT molecular complexity index is 1280. The first-order valence-electron chi connectivity index (χ1n) is 11.5. The summed E-state index contributed by atoms with van der Waals surface area (Å²) in [4.78, 5) is 12.9. The van der Waals surface area contributed by atoms with Crippen molar-refractivity contribution in [1.29, 1.82) is 0 Å². The van der Waals surface area contributed by atoms with E-state index in [2.05, 4.69) is 25.1 Å². The van der Waals surface area contributed by atoms with E-state index in [0.29, 0.717) is 36.4 Å². The minimum atomic E-state index is -3.80. The Morgan fingerprint density at radius 2 is 1.94 bits per heavy atom. The highest BCUT2D eigenvalue weighted by atomic mass is 35.5. The summed E-state index contributed by atoms with van der Waals surface area (Å²) in [7, 11) is -2.38. The number of aryl methyl sites for hydroxylation is 1. The van der Waals surface area contributed by atoms with Crippen molar-refractivity contribution < 1.29 is 22.6 Å². The van der Waals surface area contributed by atoms with Crippen molar-refractivity contribution in [1.82, 2.24) is 29.7 Å². The molecule has 36 heavy (non-hydrogen) atoms. The van der Waals surface area contributed by atoms with Crippen LogP contribution in [0.25, 0.3) is 11.5 Å². The summed E-state index contributed by atoms with van der Waals surface area (Å²) in [6.45, 7) is 6.72. The molecule has 0 saturated carbocycles. The molecule has 4 heterocycles. The van der Waals surface area contributed by atoms with Crippen LogP contribution >= 0.6 is 11.6 Å². The van der Waals surface area contributed by atoms with Gasteiger partial charge in [0, 0.05) is 25.2 Å². The normalized spacial score (nSPS) is 19.1. The number of sulfone groups is 1. The lowest BCUT2D eigenvalue weighted by Crippen LogP contribution is -2.36. The molecule has 0 aliphatic carbocycles. The van der Waals surface area contributed by atoms with E-state index >= 15 is 0 Å². The van der Waals surface area contributed by atoms with Gasteiger partial charge in [0.15, 0.2) is 21.5 Å². The molecule has 0 spiro atoms. The zero-order valence-electron chi connectivity index (χ0n) is 20.5. The highest BCUT2D eigenvalue weighted by molar-refractivity contribution is 7.91. The molecule has 1 aliphatic rings. The minimum absolute atomic E-state index is 0.227. The number of methoxy groups -OCH3 is 1. The summed E-state index contributed by atoms with van der Waals surface area (Å²) in [5.74, 6) is 0.583. The van der Waals surface area contributed by atoms with E-state index in [1.54, 1.807) is 11.5 Å². The second-order valence-electron chi connectivity index (χ2n) is 8.63. The van der Waals surface area contributed by atoms with Gasteiger partial charge in [-0.15, -0.1) is 10.2 Å². The average Bonchev–Trinajstić information content (AvgIpc) is 3.28. The third kappa shape index (κ3) is 5.73. The van der Waals surface area contributed by atoms with E-state index in [1.807, 2.05) is 32.0 Å². The second-order valence-corrected chi connectivity index (χ2v) is 11.4. The fraction of sp³-hybridized carbons (Fsp3) is 0.522. The molecule has 0 aromatic carbocycles. The Morgan fingerprint density at radius 3 is 2.58 bits per heavy atom. The average molecular weight is 537 g/mol. The van der Waals surface area contributed by atoms with Crippen molar-refractivity contribution in [2.75, 3.05) is 26.9 Å². The van der Waals surface area contributed by atoms with Crippen LogP contribution in [0.1, 0.15) is 43.3 Å². The molecule has 0 unspecified atom stereocenters. The highest BCUT2D eigenvalue weighted by Gasteiger charge is 2.36. The molecule has 0 N–H and O–H groups in total. The number of ether oxygens (including phenoxy) is 3. The number of rotatable bonds is 9. The van der Waals surface area contributed by atoms with Gasteiger partial charge in [-0.3, -0.25) is 0 Å². The van der Waals surface area contributed by atoms with Gasteiger partial charge >= 0.3 is 0 Å². The molecule has 194 valence electrons. The maximum atomic E-state index is 13.6. The molecule has 0 amide bonds. The fourth-order valence-electron chi connectivity index (χ4n) is 4.12. The summed E-state index contributed by atoms with van der Waals surface area (Å²) in [6.07, 6.45) is 1.61. The van der Waals surface area contributed by atoms with Crippen LogP contribution in [0, 0.1) is 6.92 Å². The maximum Gasteiger partial charge on any atom is 0.182 e. The molecule has 3 aromatic heterocycles. The number of nitrogens with zero attached hydrogens (tertiary/aromatic N) is 6. The molecule has 4 atom stereocenters. The van der Waals surface area contributed by atoms with Crippen molar-refractivity contribution in [3.8, 4) is 11.5 Å². The first-order valence-corrected chi connectivity index (χ1v) is 13.6. The molecule has 1 fully saturated rings. The first-order chi connectivity index (χ1) is 17.2. The Kier molecular flexibility index (Phi) is 8.30. The van der Waals surface area contributed by atoms with Crippen LogP contribution < -0.4 is 0 Å². The number of halogens is 1. The molecular formula is C23H29ClN6O5S. The van der Waals surface area contributed by atoms with Gasteiger partial charge in [0.1, 0.15) is 29.5 Å². The standard InChI is InChI=1S/C23H29ClN6O5S/c1-14-6-5-7-18(27-14)23-29-28-20(30(23)15(2)19-12-34-8-9-35-19)13-36(31,32)16(3)21(33-4)22-25-10-17(24)11-26-22/h5-7,10-11,15-16,19,21H,8-9,12-13H2,1-4H3/t15-,16+,19+,21+/m1/s1. The van der Waals surface area contributed by atoms with Crippen molar-refractivity contribution >= 4 is 21.4 Å². The largest absolute Gasteiger partial charge is 0.376 e. The Hall–Kier alpha value is -2.51. The van der Waals surface area contributed by atoms with Gasteiger partial charge in [0.25, 0.3) is 0 Å². The zero-order chi connectivity index (χ0) is 25.9. The number of hydrogen-bond donors (Lipinski definition) is 0. The molecule has 13 heteroatoms. The lowest BCUT2D eigenvalue weighted by molar-refractivity contribution is -0.105. The molecular weight excluding hydrogens is 508 g/mol. The van der Waals surface area contributed by atoms with Crippen LogP contribution in [0.5, 0.6) is 0 Å². The monoisotopic (exact) mass is 536 g/mol. The van der Waals surface area contributed by atoms with E-state index in [1.165, 1.54) is 19.5 Å². The molecule has 0 radical (unpaired) electrons. The Labute approximate surface area is 215 Å². The zero-order valence-corrected chi connectivity index (χ0v) is 22.1. The molecule has 3 aromatic rings. The molecule has 4 rings (SSSR count). The van der Waals surface area contributed by atoms with Crippen LogP contribution in [0.15, 0.2) is 30.6 Å². The molecule has 11 nitrogen and oxygen atoms in total. The number of hydrogen-bond acceptors (Lipinski definition) is 10. The Balaban J connectivity index is 1.70. The highest BCUT2D eigenvalue weighted by Crippen LogP contribution is 2.30. The van der Waals surface area contributed by atoms with Crippen molar-refractivity contribution in [2.24, 2.45) is 0 Å². The summed E-state index contributed by atoms with van der Waals surface area (Å²) in [5.41, 5.74) is 1.40. The van der Waals surface area contributed by atoms with Crippen molar-refractivity contribution in [3.05, 3.63) is 53.0 Å². The molecule has 0 bridgehead atoms. The van der Waals surface area contributed by atoms with Gasteiger partial charge < -0.3 is 18.8 Å². The third-order valence-electron chi connectivity index (χ3n) is 6.14.